The number of amides is 1. The number of rotatable bonds is 39. The fourth-order valence-corrected chi connectivity index (χ4v) is 6.65. The van der Waals surface area contributed by atoms with Crippen molar-refractivity contribution in [1.29, 1.82) is 0 Å². The lowest BCUT2D eigenvalue weighted by Crippen LogP contribution is -2.45. The Morgan fingerprint density at radius 1 is 0.510 bits per heavy atom. The van der Waals surface area contributed by atoms with E-state index in [0.717, 1.165) is 32.1 Å². The van der Waals surface area contributed by atoms with Crippen LogP contribution >= 0.6 is 0 Å². The van der Waals surface area contributed by atoms with Gasteiger partial charge in [0.1, 0.15) is 0 Å². The number of unbranched alkanes of at least 4 members (excludes halogenated alkanes) is 28. The van der Waals surface area contributed by atoms with E-state index in [1.165, 1.54) is 167 Å². The van der Waals surface area contributed by atoms with Gasteiger partial charge >= 0.3 is 0 Å². The molecule has 0 heterocycles. The fourth-order valence-electron chi connectivity index (χ4n) is 6.65. The maximum absolute atomic E-state index is 12.4. The molecule has 49 heavy (non-hydrogen) atoms. The van der Waals surface area contributed by atoms with Gasteiger partial charge in [0.05, 0.1) is 31.3 Å². The lowest BCUT2D eigenvalue weighted by Gasteiger charge is -2.21. The number of aliphatic hydroxyl groups is 3. The lowest BCUT2D eigenvalue weighted by molar-refractivity contribution is -0.124. The van der Waals surface area contributed by atoms with Crippen molar-refractivity contribution in [1.82, 2.24) is 5.32 Å². The summed E-state index contributed by atoms with van der Waals surface area (Å²) < 4.78 is 0. The first-order valence-corrected chi connectivity index (χ1v) is 21.6. The highest BCUT2D eigenvalue weighted by Gasteiger charge is 2.20. The highest BCUT2D eigenvalue weighted by Crippen LogP contribution is 2.16. The average molecular weight is 692 g/mol. The first kappa shape index (κ1) is 47.8. The van der Waals surface area contributed by atoms with Crippen LogP contribution in [0, 0.1) is 0 Å². The van der Waals surface area contributed by atoms with E-state index in [0.29, 0.717) is 6.42 Å². The van der Waals surface area contributed by atoms with Gasteiger partial charge in [0, 0.05) is 0 Å². The van der Waals surface area contributed by atoms with Gasteiger partial charge in [0.15, 0.2) is 0 Å². The number of hydrogen-bond donors (Lipinski definition) is 4. The molecule has 0 aliphatic heterocycles. The molecule has 0 rings (SSSR count). The fraction of sp³-hybridized carbons (Fsp3) is 0.886. The smallest absolute Gasteiger partial charge is 0.222 e. The van der Waals surface area contributed by atoms with Crippen LogP contribution in [0.2, 0.25) is 0 Å². The molecule has 5 heteroatoms. The number of carbonyl (C=O) groups excluding carboxylic acids is 1. The zero-order valence-corrected chi connectivity index (χ0v) is 32.8. The highest BCUT2D eigenvalue weighted by molar-refractivity contribution is 5.76. The van der Waals surface area contributed by atoms with Gasteiger partial charge in [-0.3, -0.25) is 4.79 Å². The molecule has 0 saturated heterocycles. The Morgan fingerprint density at radius 3 is 1.31 bits per heavy atom. The van der Waals surface area contributed by atoms with Crippen molar-refractivity contribution >= 4 is 5.91 Å². The van der Waals surface area contributed by atoms with Crippen molar-refractivity contribution in [2.75, 3.05) is 6.61 Å². The van der Waals surface area contributed by atoms with Crippen LogP contribution in [0.15, 0.2) is 24.3 Å². The van der Waals surface area contributed by atoms with Crippen LogP contribution in [0.1, 0.15) is 226 Å². The summed E-state index contributed by atoms with van der Waals surface area (Å²) in [5.41, 5.74) is 0. The van der Waals surface area contributed by atoms with Crippen molar-refractivity contribution in [3.8, 4) is 0 Å². The maximum Gasteiger partial charge on any atom is 0.222 e. The molecule has 290 valence electrons. The summed E-state index contributed by atoms with van der Waals surface area (Å²) in [5.74, 6) is -0.324. The van der Waals surface area contributed by atoms with E-state index in [4.69, 9.17) is 0 Å². The van der Waals surface area contributed by atoms with E-state index >= 15 is 0 Å². The molecule has 3 atom stereocenters. The van der Waals surface area contributed by atoms with Crippen molar-refractivity contribution in [2.45, 2.75) is 244 Å². The largest absolute Gasteiger partial charge is 0.394 e. The minimum absolute atomic E-state index is 0.00909. The van der Waals surface area contributed by atoms with Crippen LogP contribution in [0.25, 0.3) is 0 Å². The van der Waals surface area contributed by atoms with Crippen LogP contribution in [0.3, 0.4) is 0 Å². The number of aliphatic hydroxyl groups excluding tert-OH is 3. The molecule has 0 aromatic heterocycles. The van der Waals surface area contributed by atoms with Gasteiger partial charge in [-0.1, -0.05) is 212 Å². The summed E-state index contributed by atoms with van der Waals surface area (Å²) >= 11 is 0. The molecule has 5 nitrogen and oxygen atoms in total. The molecule has 0 aliphatic rings. The van der Waals surface area contributed by atoms with Crippen LogP contribution in [-0.4, -0.2) is 46.1 Å². The Labute approximate surface area is 305 Å². The second-order valence-corrected chi connectivity index (χ2v) is 15.0. The molecule has 0 aliphatic carbocycles. The second kappa shape index (κ2) is 39.6. The Kier molecular flexibility index (Phi) is 38.7. The van der Waals surface area contributed by atoms with Gasteiger partial charge in [0.25, 0.3) is 0 Å². The summed E-state index contributed by atoms with van der Waals surface area (Å²) in [6.45, 7) is 4.20. The van der Waals surface area contributed by atoms with Crippen LogP contribution in [0.4, 0.5) is 0 Å². The molecule has 0 bridgehead atoms. The number of hydrogen-bond acceptors (Lipinski definition) is 4. The summed E-state index contributed by atoms with van der Waals surface area (Å²) in [6, 6.07) is -0.756. The maximum atomic E-state index is 12.4. The summed E-state index contributed by atoms with van der Waals surface area (Å²) in [7, 11) is 0. The predicted molar refractivity (Wildman–Crippen MR) is 213 cm³/mol. The average Bonchev–Trinajstić information content (AvgIpc) is 3.09. The van der Waals surface area contributed by atoms with Gasteiger partial charge in [-0.25, -0.2) is 0 Å². The van der Waals surface area contributed by atoms with E-state index in [9.17, 15) is 20.1 Å². The lowest BCUT2D eigenvalue weighted by atomic mass is 10.0. The molecule has 3 unspecified atom stereocenters. The van der Waals surface area contributed by atoms with E-state index < -0.39 is 18.2 Å². The van der Waals surface area contributed by atoms with Crippen LogP contribution in [0.5, 0.6) is 0 Å². The van der Waals surface area contributed by atoms with Crippen molar-refractivity contribution in [3.05, 3.63) is 24.3 Å². The highest BCUT2D eigenvalue weighted by atomic mass is 16.3. The van der Waals surface area contributed by atoms with Crippen molar-refractivity contribution in [3.63, 3.8) is 0 Å². The number of carbonyl (C=O) groups is 1. The van der Waals surface area contributed by atoms with Gasteiger partial charge in [0.2, 0.25) is 5.91 Å². The van der Waals surface area contributed by atoms with Gasteiger partial charge in [-0.05, 0) is 32.1 Å². The number of allylic oxidation sites excluding steroid dienone is 3. The second-order valence-electron chi connectivity index (χ2n) is 15.0. The third-order valence-electron chi connectivity index (χ3n) is 9.99. The van der Waals surface area contributed by atoms with Gasteiger partial charge in [-0.15, -0.1) is 0 Å². The standard InChI is InChI=1S/C44H85NO4/c1-3-5-7-9-11-13-15-17-18-19-20-21-22-23-24-25-26-28-30-32-34-36-38-43(48)42(40-46)45-44(49)39-41(47)37-35-33-31-29-27-16-14-12-10-8-6-4-2/h28,30,36,38,41-43,46-48H,3-27,29,31-35,37,39-40H2,1-2H3,(H,45,49)/b30-28+,38-36+. The predicted octanol–water partition coefficient (Wildman–Crippen LogP) is 12.2. The van der Waals surface area contributed by atoms with Gasteiger partial charge in [-0.2, -0.15) is 0 Å². The Hall–Kier alpha value is -1.17. The van der Waals surface area contributed by atoms with Gasteiger partial charge < -0.3 is 20.6 Å². The molecule has 4 N–H and O–H groups in total. The van der Waals surface area contributed by atoms with E-state index in [1.807, 2.05) is 6.08 Å². The molecule has 0 aromatic carbocycles. The Morgan fingerprint density at radius 2 is 0.878 bits per heavy atom. The van der Waals surface area contributed by atoms with E-state index in [2.05, 4.69) is 31.3 Å². The van der Waals surface area contributed by atoms with E-state index in [1.54, 1.807) is 6.08 Å². The first-order valence-electron chi connectivity index (χ1n) is 21.6. The number of nitrogens with one attached hydrogen (secondary N) is 1. The summed E-state index contributed by atoms with van der Waals surface area (Å²) in [5, 5.41) is 33.1. The van der Waals surface area contributed by atoms with Crippen molar-refractivity contribution in [2.24, 2.45) is 0 Å². The van der Waals surface area contributed by atoms with Crippen molar-refractivity contribution < 1.29 is 20.1 Å². The molecule has 0 radical (unpaired) electrons. The quantitative estimate of drug-likeness (QED) is 0.0381. The first-order chi connectivity index (χ1) is 24.0. The molecule has 0 fully saturated rings. The zero-order valence-electron chi connectivity index (χ0n) is 32.8. The summed E-state index contributed by atoms with van der Waals surface area (Å²) in [4.78, 5) is 12.4. The third-order valence-corrected chi connectivity index (χ3v) is 9.99. The molecular formula is C44H85NO4. The SMILES string of the molecule is CCCCCCCCCCCCCCCCCC/C=C/CC/C=C/C(O)C(CO)NC(=O)CC(O)CCCCCCCCCCCCCC. The van der Waals surface area contributed by atoms with E-state index in [-0.39, 0.29) is 18.9 Å². The molecule has 1 amide bonds. The molecule has 0 spiro atoms. The molecule has 0 aromatic rings. The van der Waals surface area contributed by atoms with Crippen LogP contribution in [-0.2, 0) is 4.79 Å². The minimum Gasteiger partial charge on any atom is -0.394 e. The normalized spacial score (nSPS) is 13.8. The molecular weight excluding hydrogens is 606 g/mol. The Balaban J connectivity index is 3.68. The Bertz CT molecular complexity index is 724. The zero-order chi connectivity index (χ0) is 35.9. The minimum atomic E-state index is -0.948. The summed E-state index contributed by atoms with van der Waals surface area (Å²) in [6.07, 6.45) is 47.5. The third kappa shape index (κ3) is 36.4. The molecule has 0 saturated carbocycles. The monoisotopic (exact) mass is 692 g/mol. The van der Waals surface area contributed by atoms with Crippen LogP contribution < -0.4 is 5.32 Å². The topological polar surface area (TPSA) is 89.8 Å².